The van der Waals surface area contributed by atoms with Crippen molar-refractivity contribution in [2.24, 2.45) is 0 Å². The number of rotatable bonds is 1. The van der Waals surface area contributed by atoms with Gasteiger partial charge < -0.3 is 4.74 Å². The number of methoxy groups -OCH3 is 1. The van der Waals surface area contributed by atoms with Crippen LogP contribution in [-0.2, 0) is 0 Å². The number of aryl methyl sites for hydroxylation is 2. The van der Waals surface area contributed by atoms with E-state index in [1.54, 1.807) is 13.3 Å². The third-order valence-corrected chi connectivity index (χ3v) is 2.18. The highest BCUT2D eigenvalue weighted by atomic mass is 16.5. The van der Waals surface area contributed by atoms with E-state index in [9.17, 15) is 0 Å². The van der Waals surface area contributed by atoms with Crippen molar-refractivity contribution >= 4 is 11.0 Å². The standard InChI is InChI=1S/C11H12N2O/c1-7-4-9-10(5-11(7)14-3)13-8(2)6-12-9/h4-6H,1-3H3. The fourth-order valence-corrected chi connectivity index (χ4v) is 1.46. The third kappa shape index (κ3) is 1.41. The molecule has 3 nitrogen and oxygen atoms in total. The minimum Gasteiger partial charge on any atom is -0.496 e. The largest absolute Gasteiger partial charge is 0.496 e. The molecule has 0 fully saturated rings. The fraction of sp³-hybridized carbons (Fsp3) is 0.273. The van der Waals surface area contributed by atoms with Crippen molar-refractivity contribution in [3.05, 3.63) is 29.6 Å². The molecule has 0 saturated carbocycles. The molecule has 1 aromatic heterocycles. The average molecular weight is 188 g/mol. The van der Waals surface area contributed by atoms with Crippen LogP contribution in [0, 0.1) is 13.8 Å². The molecule has 0 unspecified atom stereocenters. The normalized spacial score (nSPS) is 10.5. The van der Waals surface area contributed by atoms with Crippen LogP contribution >= 0.6 is 0 Å². The maximum absolute atomic E-state index is 5.23. The van der Waals surface area contributed by atoms with E-state index in [1.807, 2.05) is 26.0 Å². The minimum atomic E-state index is 0.859. The van der Waals surface area contributed by atoms with Gasteiger partial charge in [-0.2, -0.15) is 0 Å². The van der Waals surface area contributed by atoms with E-state index in [2.05, 4.69) is 9.97 Å². The molecule has 0 amide bonds. The van der Waals surface area contributed by atoms with E-state index in [4.69, 9.17) is 4.74 Å². The van der Waals surface area contributed by atoms with Gasteiger partial charge in [-0.25, -0.2) is 4.98 Å². The zero-order valence-electron chi connectivity index (χ0n) is 8.53. The summed E-state index contributed by atoms with van der Waals surface area (Å²) in [6.45, 7) is 3.93. The van der Waals surface area contributed by atoms with Gasteiger partial charge in [-0.1, -0.05) is 0 Å². The van der Waals surface area contributed by atoms with Gasteiger partial charge in [0.15, 0.2) is 0 Å². The second-order valence-electron chi connectivity index (χ2n) is 3.32. The Bertz CT molecular complexity index is 480. The Morgan fingerprint density at radius 1 is 1.14 bits per heavy atom. The summed E-state index contributed by atoms with van der Waals surface area (Å²) in [5, 5.41) is 0. The SMILES string of the molecule is COc1cc2nc(C)cnc2cc1C. The predicted octanol–water partition coefficient (Wildman–Crippen LogP) is 2.26. The van der Waals surface area contributed by atoms with Crippen LogP contribution in [0.1, 0.15) is 11.3 Å². The Hall–Kier alpha value is -1.64. The second-order valence-corrected chi connectivity index (χ2v) is 3.32. The first kappa shape index (κ1) is 8.94. The maximum atomic E-state index is 5.23. The molecule has 14 heavy (non-hydrogen) atoms. The van der Waals surface area contributed by atoms with Gasteiger partial charge in [0.1, 0.15) is 5.75 Å². The van der Waals surface area contributed by atoms with Crippen molar-refractivity contribution in [1.82, 2.24) is 9.97 Å². The highest BCUT2D eigenvalue weighted by Gasteiger charge is 2.03. The first-order valence-electron chi connectivity index (χ1n) is 4.48. The molecular weight excluding hydrogens is 176 g/mol. The van der Waals surface area contributed by atoms with E-state index < -0.39 is 0 Å². The number of benzene rings is 1. The predicted molar refractivity (Wildman–Crippen MR) is 55.6 cm³/mol. The number of hydrogen-bond acceptors (Lipinski definition) is 3. The molecule has 0 aliphatic rings. The molecule has 1 aromatic carbocycles. The quantitative estimate of drug-likeness (QED) is 0.688. The fourth-order valence-electron chi connectivity index (χ4n) is 1.46. The van der Waals surface area contributed by atoms with Crippen LogP contribution in [0.25, 0.3) is 11.0 Å². The second kappa shape index (κ2) is 3.25. The first-order chi connectivity index (χ1) is 6.70. The molecule has 0 bridgehead atoms. The highest BCUT2D eigenvalue weighted by molar-refractivity contribution is 5.77. The van der Waals surface area contributed by atoms with Crippen LogP contribution < -0.4 is 4.74 Å². The Labute approximate surface area is 82.8 Å². The van der Waals surface area contributed by atoms with Crippen molar-refractivity contribution in [3.63, 3.8) is 0 Å². The molecule has 72 valence electrons. The van der Waals surface area contributed by atoms with Crippen molar-refractivity contribution in [2.75, 3.05) is 7.11 Å². The van der Waals surface area contributed by atoms with Crippen LogP contribution in [0.3, 0.4) is 0 Å². The Kier molecular flexibility index (Phi) is 2.08. The summed E-state index contributed by atoms with van der Waals surface area (Å²) in [7, 11) is 1.66. The van der Waals surface area contributed by atoms with Crippen LogP contribution in [0.15, 0.2) is 18.3 Å². The molecule has 0 spiro atoms. The molecule has 2 aromatic rings. The van der Waals surface area contributed by atoms with Gasteiger partial charge in [-0.3, -0.25) is 4.98 Å². The Morgan fingerprint density at radius 3 is 2.64 bits per heavy atom. The maximum Gasteiger partial charge on any atom is 0.124 e. The molecular formula is C11H12N2O. The van der Waals surface area contributed by atoms with Gasteiger partial charge in [0.2, 0.25) is 0 Å². The summed E-state index contributed by atoms with van der Waals surface area (Å²) in [5.41, 5.74) is 3.79. The highest BCUT2D eigenvalue weighted by Crippen LogP contribution is 2.22. The topological polar surface area (TPSA) is 35.0 Å². The average Bonchev–Trinajstić information content (AvgIpc) is 2.17. The van der Waals surface area contributed by atoms with E-state index in [0.717, 1.165) is 28.0 Å². The van der Waals surface area contributed by atoms with Crippen LogP contribution in [0.2, 0.25) is 0 Å². The Balaban J connectivity index is 2.73. The lowest BCUT2D eigenvalue weighted by Gasteiger charge is -2.05. The van der Waals surface area contributed by atoms with Crippen LogP contribution in [0.5, 0.6) is 5.75 Å². The molecule has 0 aliphatic carbocycles. The van der Waals surface area contributed by atoms with E-state index >= 15 is 0 Å². The van der Waals surface area contributed by atoms with Crippen molar-refractivity contribution in [1.29, 1.82) is 0 Å². The van der Waals surface area contributed by atoms with E-state index in [0.29, 0.717) is 0 Å². The van der Waals surface area contributed by atoms with Gasteiger partial charge in [0, 0.05) is 12.3 Å². The Morgan fingerprint density at radius 2 is 1.93 bits per heavy atom. The summed E-state index contributed by atoms with van der Waals surface area (Å²) >= 11 is 0. The number of aromatic nitrogens is 2. The molecule has 0 atom stereocenters. The number of fused-ring (bicyclic) bond motifs is 1. The number of hydrogen-bond donors (Lipinski definition) is 0. The lowest BCUT2D eigenvalue weighted by atomic mass is 10.2. The van der Waals surface area contributed by atoms with Crippen LogP contribution in [0.4, 0.5) is 0 Å². The van der Waals surface area contributed by atoms with Crippen molar-refractivity contribution in [3.8, 4) is 5.75 Å². The third-order valence-electron chi connectivity index (χ3n) is 2.18. The smallest absolute Gasteiger partial charge is 0.124 e. The van der Waals surface area contributed by atoms with Gasteiger partial charge >= 0.3 is 0 Å². The number of ether oxygens (including phenoxy) is 1. The zero-order chi connectivity index (χ0) is 10.1. The van der Waals surface area contributed by atoms with Gasteiger partial charge in [0.25, 0.3) is 0 Å². The summed E-state index contributed by atoms with van der Waals surface area (Å²) in [6.07, 6.45) is 1.77. The molecule has 0 N–H and O–H groups in total. The van der Waals surface area contributed by atoms with Crippen molar-refractivity contribution in [2.45, 2.75) is 13.8 Å². The number of nitrogens with zero attached hydrogens (tertiary/aromatic N) is 2. The van der Waals surface area contributed by atoms with Gasteiger partial charge in [0.05, 0.1) is 23.8 Å². The van der Waals surface area contributed by atoms with E-state index in [1.165, 1.54) is 0 Å². The summed E-state index contributed by atoms with van der Waals surface area (Å²) in [5.74, 6) is 0.859. The monoisotopic (exact) mass is 188 g/mol. The van der Waals surface area contributed by atoms with Gasteiger partial charge in [-0.05, 0) is 25.5 Å². The summed E-state index contributed by atoms with van der Waals surface area (Å²) in [4.78, 5) is 8.68. The molecule has 0 radical (unpaired) electrons. The molecule has 0 aliphatic heterocycles. The lowest BCUT2D eigenvalue weighted by Crippen LogP contribution is -1.91. The van der Waals surface area contributed by atoms with Crippen molar-refractivity contribution < 1.29 is 4.74 Å². The molecule has 3 heteroatoms. The minimum absolute atomic E-state index is 0.859. The molecule has 0 saturated heterocycles. The molecule has 1 heterocycles. The summed E-state index contributed by atoms with van der Waals surface area (Å²) in [6, 6.07) is 3.91. The van der Waals surface area contributed by atoms with E-state index in [-0.39, 0.29) is 0 Å². The first-order valence-corrected chi connectivity index (χ1v) is 4.48. The summed E-state index contributed by atoms with van der Waals surface area (Å²) < 4.78 is 5.23. The lowest BCUT2D eigenvalue weighted by molar-refractivity contribution is 0.412. The zero-order valence-corrected chi connectivity index (χ0v) is 8.53. The van der Waals surface area contributed by atoms with Crippen LogP contribution in [-0.4, -0.2) is 17.1 Å². The molecule has 2 rings (SSSR count). The van der Waals surface area contributed by atoms with Gasteiger partial charge in [-0.15, -0.1) is 0 Å².